The minimum Gasteiger partial charge on any atom is -0.469 e. The van der Waals surface area contributed by atoms with Crippen molar-refractivity contribution in [3.63, 3.8) is 0 Å². The molecule has 1 aromatic rings. The number of aliphatic imine (C=N–C) groups is 1. The van der Waals surface area contributed by atoms with Crippen LogP contribution in [0.15, 0.2) is 27.8 Å². The zero-order valence-electron chi connectivity index (χ0n) is 12.8. The summed E-state index contributed by atoms with van der Waals surface area (Å²) in [4.78, 5) is 7.16. The van der Waals surface area contributed by atoms with E-state index in [0.717, 1.165) is 44.3 Å². The van der Waals surface area contributed by atoms with Crippen molar-refractivity contribution in [3.05, 3.63) is 24.2 Å². The Hall–Kier alpha value is -1.45. The summed E-state index contributed by atoms with van der Waals surface area (Å²) in [5.74, 6) is 2.70. The molecule has 112 valence electrons. The fourth-order valence-corrected chi connectivity index (χ4v) is 2.39. The van der Waals surface area contributed by atoms with Crippen LogP contribution in [0.4, 0.5) is 0 Å². The first-order valence-electron chi connectivity index (χ1n) is 7.81. The lowest BCUT2D eigenvalue weighted by atomic mass is 10.1. The van der Waals surface area contributed by atoms with Gasteiger partial charge in [0, 0.05) is 32.6 Å². The normalized spacial score (nSPS) is 16.8. The highest BCUT2D eigenvalue weighted by Gasteiger charge is 2.14. The summed E-state index contributed by atoms with van der Waals surface area (Å²) in [5.41, 5.74) is 0. The van der Waals surface area contributed by atoms with Gasteiger partial charge in [-0.05, 0) is 37.3 Å². The number of furan rings is 1. The maximum atomic E-state index is 5.37. The van der Waals surface area contributed by atoms with Crippen LogP contribution in [-0.4, -0.2) is 37.0 Å². The molecule has 0 saturated carbocycles. The first kappa shape index (κ1) is 14.9. The molecular formula is C16H27N3O. The van der Waals surface area contributed by atoms with Crippen molar-refractivity contribution in [1.82, 2.24) is 10.2 Å². The second-order valence-electron chi connectivity index (χ2n) is 5.86. The summed E-state index contributed by atoms with van der Waals surface area (Å²) >= 11 is 0. The van der Waals surface area contributed by atoms with E-state index in [1.807, 2.05) is 12.1 Å². The van der Waals surface area contributed by atoms with E-state index < -0.39 is 0 Å². The van der Waals surface area contributed by atoms with Gasteiger partial charge in [-0.25, -0.2) is 0 Å². The largest absolute Gasteiger partial charge is 0.469 e. The monoisotopic (exact) mass is 277 g/mol. The third kappa shape index (κ3) is 4.91. The lowest BCUT2D eigenvalue weighted by Gasteiger charge is -2.30. The van der Waals surface area contributed by atoms with Crippen molar-refractivity contribution in [2.75, 3.05) is 26.2 Å². The predicted octanol–water partition coefficient (Wildman–Crippen LogP) is 2.91. The number of nitrogens with one attached hydrogen (secondary N) is 1. The number of hydrogen-bond donors (Lipinski definition) is 1. The van der Waals surface area contributed by atoms with Crippen LogP contribution in [0.25, 0.3) is 0 Å². The first-order valence-corrected chi connectivity index (χ1v) is 7.81. The van der Waals surface area contributed by atoms with Gasteiger partial charge in [-0.1, -0.05) is 13.8 Å². The Labute approximate surface area is 122 Å². The quantitative estimate of drug-likeness (QED) is 0.664. The van der Waals surface area contributed by atoms with Gasteiger partial charge in [0.15, 0.2) is 5.96 Å². The molecule has 0 unspecified atom stereocenters. The van der Waals surface area contributed by atoms with E-state index in [1.54, 1.807) is 6.26 Å². The number of likely N-dealkylation sites (tertiary alicyclic amines) is 1. The standard InChI is InChI=1S/C16H27N3O/c1-14(2)13-18-16(19-10-4-3-5-11-19)17-9-8-15-7-6-12-20-15/h6-7,12,14H,3-5,8-11,13H2,1-2H3,(H,17,18). The SMILES string of the molecule is CC(C)CN=C(NCCc1ccco1)N1CCCCC1. The zero-order chi connectivity index (χ0) is 14.2. The number of guanidine groups is 1. The Kier molecular flexibility index (Phi) is 5.96. The molecule has 20 heavy (non-hydrogen) atoms. The maximum Gasteiger partial charge on any atom is 0.193 e. The van der Waals surface area contributed by atoms with Crippen molar-refractivity contribution in [2.24, 2.45) is 10.9 Å². The fraction of sp³-hybridized carbons (Fsp3) is 0.688. The van der Waals surface area contributed by atoms with E-state index in [9.17, 15) is 0 Å². The summed E-state index contributed by atoms with van der Waals surface area (Å²) in [6.07, 6.45) is 6.54. The third-order valence-corrected chi connectivity index (χ3v) is 3.50. The fourth-order valence-electron chi connectivity index (χ4n) is 2.39. The van der Waals surface area contributed by atoms with Crippen molar-refractivity contribution in [1.29, 1.82) is 0 Å². The molecule has 0 bridgehead atoms. The van der Waals surface area contributed by atoms with Gasteiger partial charge in [-0.3, -0.25) is 4.99 Å². The highest BCUT2D eigenvalue weighted by atomic mass is 16.3. The smallest absolute Gasteiger partial charge is 0.193 e. The Morgan fingerprint density at radius 2 is 2.15 bits per heavy atom. The van der Waals surface area contributed by atoms with Crippen molar-refractivity contribution >= 4 is 5.96 Å². The van der Waals surface area contributed by atoms with Crippen molar-refractivity contribution in [3.8, 4) is 0 Å². The third-order valence-electron chi connectivity index (χ3n) is 3.50. The van der Waals surface area contributed by atoms with Crippen LogP contribution in [0.1, 0.15) is 38.9 Å². The summed E-state index contributed by atoms with van der Waals surface area (Å²) in [6.45, 7) is 8.44. The molecule has 0 aromatic carbocycles. The highest BCUT2D eigenvalue weighted by Crippen LogP contribution is 2.09. The number of rotatable bonds is 5. The summed E-state index contributed by atoms with van der Waals surface area (Å²) in [6, 6.07) is 3.96. The number of nitrogens with zero attached hydrogens (tertiary/aromatic N) is 2. The van der Waals surface area contributed by atoms with Gasteiger partial charge >= 0.3 is 0 Å². The zero-order valence-corrected chi connectivity index (χ0v) is 12.8. The first-order chi connectivity index (χ1) is 9.75. The predicted molar refractivity (Wildman–Crippen MR) is 83.0 cm³/mol. The second kappa shape index (κ2) is 7.98. The highest BCUT2D eigenvalue weighted by molar-refractivity contribution is 5.80. The molecule has 1 aliphatic heterocycles. The van der Waals surface area contributed by atoms with Gasteiger partial charge in [0.05, 0.1) is 6.26 Å². The summed E-state index contributed by atoms with van der Waals surface area (Å²) < 4.78 is 5.37. The molecule has 1 saturated heterocycles. The minimum absolute atomic E-state index is 0.599. The van der Waals surface area contributed by atoms with Crippen LogP contribution in [0.5, 0.6) is 0 Å². The van der Waals surface area contributed by atoms with E-state index in [-0.39, 0.29) is 0 Å². The molecule has 0 atom stereocenters. The number of hydrogen-bond acceptors (Lipinski definition) is 2. The summed E-state index contributed by atoms with van der Waals surface area (Å²) in [7, 11) is 0. The van der Waals surface area contributed by atoms with Crippen LogP contribution >= 0.6 is 0 Å². The van der Waals surface area contributed by atoms with Gasteiger partial charge < -0.3 is 14.6 Å². The van der Waals surface area contributed by atoms with Gasteiger partial charge in [0.2, 0.25) is 0 Å². The molecular weight excluding hydrogens is 250 g/mol. The molecule has 4 heteroatoms. The second-order valence-corrected chi connectivity index (χ2v) is 5.86. The molecule has 0 amide bonds. The maximum absolute atomic E-state index is 5.37. The van der Waals surface area contributed by atoms with Crippen LogP contribution in [0.2, 0.25) is 0 Å². The van der Waals surface area contributed by atoms with E-state index in [4.69, 9.17) is 9.41 Å². The van der Waals surface area contributed by atoms with Crippen LogP contribution in [0.3, 0.4) is 0 Å². The molecule has 4 nitrogen and oxygen atoms in total. The molecule has 2 rings (SSSR count). The van der Waals surface area contributed by atoms with Crippen molar-refractivity contribution < 1.29 is 4.42 Å². The molecule has 2 heterocycles. The van der Waals surface area contributed by atoms with E-state index >= 15 is 0 Å². The Morgan fingerprint density at radius 1 is 1.35 bits per heavy atom. The Bertz CT molecular complexity index is 392. The van der Waals surface area contributed by atoms with Crippen LogP contribution in [0, 0.1) is 5.92 Å². The van der Waals surface area contributed by atoms with Gasteiger partial charge in [0.25, 0.3) is 0 Å². The number of piperidine rings is 1. The topological polar surface area (TPSA) is 40.8 Å². The summed E-state index contributed by atoms with van der Waals surface area (Å²) in [5, 5.41) is 3.50. The van der Waals surface area contributed by atoms with E-state index in [0.29, 0.717) is 5.92 Å². The molecule has 0 aliphatic carbocycles. The average Bonchev–Trinajstić information content (AvgIpc) is 2.96. The van der Waals surface area contributed by atoms with Gasteiger partial charge in [0.1, 0.15) is 5.76 Å². The van der Waals surface area contributed by atoms with Gasteiger partial charge in [-0.15, -0.1) is 0 Å². The van der Waals surface area contributed by atoms with Crippen LogP contribution in [-0.2, 0) is 6.42 Å². The minimum atomic E-state index is 0.599. The van der Waals surface area contributed by atoms with Crippen LogP contribution < -0.4 is 5.32 Å². The van der Waals surface area contributed by atoms with Gasteiger partial charge in [-0.2, -0.15) is 0 Å². The molecule has 0 spiro atoms. The Morgan fingerprint density at radius 3 is 2.80 bits per heavy atom. The van der Waals surface area contributed by atoms with Crippen molar-refractivity contribution in [2.45, 2.75) is 39.5 Å². The molecule has 1 aliphatic rings. The Balaban J connectivity index is 1.86. The van der Waals surface area contributed by atoms with E-state index in [1.165, 1.54) is 19.3 Å². The molecule has 1 aromatic heterocycles. The molecule has 0 radical (unpaired) electrons. The van der Waals surface area contributed by atoms with E-state index in [2.05, 4.69) is 24.1 Å². The lowest BCUT2D eigenvalue weighted by Crippen LogP contribution is -2.45. The molecule has 1 fully saturated rings. The average molecular weight is 277 g/mol. The molecule has 1 N–H and O–H groups in total. The lowest BCUT2D eigenvalue weighted by molar-refractivity contribution is 0.330.